The van der Waals surface area contributed by atoms with Gasteiger partial charge in [-0.2, -0.15) is 0 Å². The molecule has 0 aliphatic carbocycles. The maximum Gasteiger partial charge on any atom is 0.325 e. The van der Waals surface area contributed by atoms with E-state index in [-0.39, 0.29) is 18.3 Å². The van der Waals surface area contributed by atoms with Crippen LogP contribution in [-0.4, -0.2) is 29.0 Å². The summed E-state index contributed by atoms with van der Waals surface area (Å²) in [6.45, 7) is 1.55. The number of carbonyl (C=O) groups is 1. The van der Waals surface area contributed by atoms with E-state index < -0.39 is 6.17 Å². The predicted octanol–water partition coefficient (Wildman–Crippen LogP) is 3.50. The second kappa shape index (κ2) is 7.54. The molecule has 11 heteroatoms. The number of halogens is 2. The Morgan fingerprint density at radius 3 is 2.77 bits per heavy atom. The first-order valence-electron chi connectivity index (χ1n) is 9.18. The zero-order valence-corrected chi connectivity index (χ0v) is 19.5. The number of benzene rings is 2. The zero-order chi connectivity index (χ0) is 21.9. The number of hydrogen-bond donors (Lipinski definition) is 1. The van der Waals surface area contributed by atoms with Gasteiger partial charge >= 0.3 is 11.3 Å². The summed E-state index contributed by atoms with van der Waals surface area (Å²) in [4.78, 5) is 30.4. The van der Waals surface area contributed by atoms with Crippen LogP contribution in [0.1, 0.15) is 18.7 Å². The molecule has 3 aromatic rings. The van der Waals surface area contributed by atoms with Crippen LogP contribution in [0.4, 0.5) is 5.69 Å². The second-order valence-electron chi connectivity index (χ2n) is 6.91. The van der Waals surface area contributed by atoms with Crippen LogP contribution >= 0.6 is 39.3 Å². The lowest BCUT2D eigenvalue weighted by atomic mass is 10.0. The fourth-order valence-corrected chi connectivity index (χ4v) is 4.82. The highest BCUT2D eigenvalue weighted by Crippen LogP contribution is 2.44. The number of hydrogen-bond acceptors (Lipinski definition) is 6. The molecule has 0 saturated carbocycles. The molecule has 1 amide bonds. The molecular weight excluding hydrogens is 508 g/mol. The van der Waals surface area contributed by atoms with Gasteiger partial charge in [0.1, 0.15) is 0 Å². The number of H-pyrrole nitrogens is 1. The van der Waals surface area contributed by atoms with Gasteiger partial charge in [0.05, 0.1) is 21.8 Å². The Kier molecular flexibility index (Phi) is 4.95. The summed E-state index contributed by atoms with van der Waals surface area (Å²) in [7, 11) is 0. The highest BCUT2D eigenvalue weighted by molar-refractivity contribution is 9.10. The number of anilines is 1. The molecule has 0 fully saturated rings. The molecule has 1 atom stereocenters. The van der Waals surface area contributed by atoms with Crippen molar-refractivity contribution in [1.82, 2.24) is 10.1 Å². The largest absolute Gasteiger partial charge is 0.454 e. The van der Waals surface area contributed by atoms with Gasteiger partial charge in [-0.1, -0.05) is 39.3 Å². The highest BCUT2D eigenvalue weighted by atomic mass is 79.9. The fraction of sp³-hybridized carbons (Fsp3) is 0.200. The van der Waals surface area contributed by atoms with Crippen molar-refractivity contribution < 1.29 is 19.0 Å². The number of nitrogens with one attached hydrogen (secondary N) is 1. The van der Waals surface area contributed by atoms with Gasteiger partial charge < -0.3 is 9.47 Å². The third-order valence-electron chi connectivity index (χ3n) is 5.12. The molecule has 8 nitrogen and oxygen atoms in total. The fourth-order valence-electron chi connectivity index (χ4n) is 3.84. The van der Waals surface area contributed by atoms with Gasteiger partial charge in [0.25, 0.3) is 6.17 Å². The summed E-state index contributed by atoms with van der Waals surface area (Å²) in [5.41, 5.74) is 1.73. The molecule has 0 unspecified atom stereocenters. The lowest BCUT2D eigenvalue weighted by Crippen LogP contribution is -2.60. The third kappa shape index (κ3) is 3.20. The van der Waals surface area contributed by atoms with Crippen LogP contribution in [0.2, 0.25) is 5.02 Å². The third-order valence-corrected chi connectivity index (χ3v) is 6.51. The first kappa shape index (κ1) is 20.3. The number of amides is 1. The first-order valence-corrected chi connectivity index (χ1v) is 11.6. The van der Waals surface area contributed by atoms with Crippen molar-refractivity contribution in [2.24, 2.45) is 0 Å². The van der Waals surface area contributed by atoms with Crippen LogP contribution < -0.4 is 24.6 Å². The Morgan fingerprint density at radius 2 is 2.06 bits per heavy atom. The highest BCUT2D eigenvalue weighted by Gasteiger charge is 2.46. The van der Waals surface area contributed by atoms with E-state index in [1.807, 2.05) is 12.3 Å². The molecule has 1 N–H and O–H groups in total. The van der Waals surface area contributed by atoms with E-state index in [9.17, 15) is 9.59 Å². The number of thioether (sulfide) groups is 1. The quantitative estimate of drug-likeness (QED) is 0.409. The predicted molar refractivity (Wildman–Crippen MR) is 119 cm³/mol. The van der Waals surface area contributed by atoms with Crippen molar-refractivity contribution in [3.63, 3.8) is 0 Å². The summed E-state index contributed by atoms with van der Waals surface area (Å²) < 4.78 is 13.3. The number of ether oxygens (including phenoxy) is 2. The van der Waals surface area contributed by atoms with Gasteiger partial charge in [-0.05, 0) is 35.2 Å². The molecular formula is C20H15BrClN4O4S+. The zero-order valence-electron chi connectivity index (χ0n) is 16.3. The molecule has 0 spiro atoms. The summed E-state index contributed by atoms with van der Waals surface area (Å²) in [6, 6.07) is 8.79. The second-order valence-corrected chi connectivity index (χ2v) is 9.03. The monoisotopic (exact) mass is 521 g/mol. The molecule has 2 aliphatic rings. The van der Waals surface area contributed by atoms with Gasteiger partial charge in [-0.3, -0.25) is 14.6 Å². The molecule has 0 saturated heterocycles. The molecule has 2 aliphatic heterocycles. The van der Waals surface area contributed by atoms with Gasteiger partial charge in [-0.25, -0.2) is 4.90 Å². The Morgan fingerprint density at radius 1 is 1.32 bits per heavy atom. The summed E-state index contributed by atoms with van der Waals surface area (Å²) in [5, 5.41) is 5.41. The van der Waals surface area contributed by atoms with Crippen LogP contribution in [0.3, 0.4) is 0 Å². The van der Waals surface area contributed by atoms with E-state index in [2.05, 4.69) is 26.0 Å². The average molecular weight is 523 g/mol. The van der Waals surface area contributed by atoms with Crippen molar-refractivity contribution >= 4 is 50.9 Å². The molecule has 0 bridgehead atoms. The van der Waals surface area contributed by atoms with Gasteiger partial charge in [0.2, 0.25) is 17.9 Å². The number of nitrogens with zero attached hydrogens (tertiary/aromatic N) is 3. The van der Waals surface area contributed by atoms with Crippen LogP contribution in [0.5, 0.6) is 11.5 Å². The van der Waals surface area contributed by atoms with Crippen molar-refractivity contribution in [2.45, 2.75) is 18.2 Å². The van der Waals surface area contributed by atoms with Crippen LogP contribution in [0.15, 0.2) is 44.8 Å². The molecule has 2 aromatic carbocycles. The number of aromatic amines is 1. The molecule has 0 radical (unpaired) electrons. The van der Waals surface area contributed by atoms with Gasteiger partial charge in [0, 0.05) is 22.6 Å². The van der Waals surface area contributed by atoms with Crippen molar-refractivity contribution in [3.05, 3.63) is 55.7 Å². The number of aromatic nitrogens is 3. The Bertz CT molecular complexity index is 1320. The summed E-state index contributed by atoms with van der Waals surface area (Å²) in [5.74, 6) is 0.812. The topological polar surface area (TPSA) is 88.4 Å². The number of rotatable bonds is 2. The van der Waals surface area contributed by atoms with E-state index in [1.54, 1.807) is 33.8 Å². The molecule has 5 rings (SSSR count). The SMILES string of the molecule is CSc1n[n+]2c(c(=O)[nH]1)-c1cc(Br)ccc1N(C(C)=O)[C@@H]2c1cc2c(cc1Cl)OCO2. The first-order chi connectivity index (χ1) is 14.9. The lowest BCUT2D eigenvalue weighted by molar-refractivity contribution is -0.763. The molecule has 158 valence electrons. The van der Waals surface area contributed by atoms with Crippen LogP contribution in [0.25, 0.3) is 11.3 Å². The maximum absolute atomic E-state index is 13.1. The van der Waals surface area contributed by atoms with E-state index in [0.717, 1.165) is 4.47 Å². The van der Waals surface area contributed by atoms with Crippen molar-refractivity contribution in [1.29, 1.82) is 0 Å². The lowest BCUT2D eigenvalue weighted by Gasteiger charge is -2.31. The van der Waals surface area contributed by atoms with E-state index in [0.29, 0.717) is 44.2 Å². The van der Waals surface area contributed by atoms with E-state index in [1.165, 1.54) is 18.7 Å². The molecule has 3 heterocycles. The minimum atomic E-state index is -0.795. The Labute approximate surface area is 194 Å². The van der Waals surface area contributed by atoms with Crippen LogP contribution in [-0.2, 0) is 4.79 Å². The Balaban J connectivity index is 1.87. The van der Waals surface area contributed by atoms with Gasteiger partial charge in [0.15, 0.2) is 11.5 Å². The standard InChI is InChI=1S/C20H14BrClN4O4S/c1-9(27)25-14-4-3-10(21)5-12(14)17-18(28)23-20(31-2)24-26(17)19(25)11-6-15-16(7-13(11)22)30-8-29-15/h3-7,19H,8H2,1-2H3/p+1/t19-/m0/s1. The van der Waals surface area contributed by atoms with Crippen molar-refractivity contribution in [3.8, 4) is 22.8 Å². The van der Waals surface area contributed by atoms with Crippen molar-refractivity contribution in [2.75, 3.05) is 17.9 Å². The normalized spacial score (nSPS) is 16.1. The molecule has 1 aromatic heterocycles. The van der Waals surface area contributed by atoms with E-state index in [4.69, 9.17) is 21.1 Å². The maximum atomic E-state index is 13.1. The minimum Gasteiger partial charge on any atom is -0.454 e. The minimum absolute atomic E-state index is 0.0886. The summed E-state index contributed by atoms with van der Waals surface area (Å²) in [6.07, 6.45) is 1.01. The number of fused-ring (bicyclic) bond motifs is 4. The smallest absolute Gasteiger partial charge is 0.325 e. The van der Waals surface area contributed by atoms with Gasteiger partial charge in [-0.15, -0.1) is 0 Å². The molecule has 31 heavy (non-hydrogen) atoms. The average Bonchev–Trinajstić information content (AvgIpc) is 3.18. The van der Waals surface area contributed by atoms with Crippen LogP contribution in [0, 0.1) is 0 Å². The summed E-state index contributed by atoms with van der Waals surface area (Å²) >= 11 is 11.4. The number of carbonyl (C=O) groups excluding carboxylic acids is 1. The Hall–Kier alpha value is -2.56. The van der Waals surface area contributed by atoms with E-state index >= 15 is 0 Å².